The number of nitriles is 1. The molecule has 0 bridgehead atoms. The number of rotatable bonds is 5. The third-order valence-electron chi connectivity index (χ3n) is 7.35. The van der Waals surface area contributed by atoms with Crippen LogP contribution in [-0.2, 0) is 7.05 Å². The van der Waals surface area contributed by atoms with Crippen LogP contribution in [0.4, 0.5) is 17.5 Å². The van der Waals surface area contributed by atoms with Crippen molar-refractivity contribution in [3.63, 3.8) is 0 Å². The largest absolute Gasteiger partial charge is 0.457 e. The predicted octanol–water partition coefficient (Wildman–Crippen LogP) is 4.36. The van der Waals surface area contributed by atoms with Crippen LogP contribution in [0.5, 0.6) is 11.5 Å². The normalized spacial score (nSPS) is 20.1. The van der Waals surface area contributed by atoms with Gasteiger partial charge in [0.15, 0.2) is 5.82 Å². The Hall–Kier alpha value is -4.78. The number of piperidine rings is 1. The number of anilines is 3. The van der Waals surface area contributed by atoms with Crippen molar-refractivity contribution >= 4 is 39.5 Å². The second kappa shape index (κ2) is 8.13. The SMILES string of the molecule is Cc1cc(Nc2ncnc3cnc(N4C[C@@H]5[C@@H](C#N)[C@@H]5C4)nc23)ccc1Oc1ccc2c(c1)ncn2C. The Kier molecular flexibility index (Phi) is 4.72. The molecule has 10 nitrogen and oxygen atoms in total. The zero-order chi connectivity index (χ0) is 25.1. The monoisotopic (exact) mass is 489 g/mol. The lowest BCUT2D eigenvalue weighted by Gasteiger charge is -2.19. The number of aryl methyl sites for hydroxylation is 2. The van der Waals surface area contributed by atoms with Gasteiger partial charge in [0, 0.05) is 31.9 Å². The van der Waals surface area contributed by atoms with Crippen LogP contribution in [0.3, 0.4) is 0 Å². The molecule has 0 unspecified atom stereocenters. The van der Waals surface area contributed by atoms with Gasteiger partial charge in [0.25, 0.3) is 0 Å². The number of fused-ring (bicyclic) bond motifs is 3. The maximum absolute atomic E-state index is 9.20. The molecule has 0 amide bonds. The molecule has 3 atom stereocenters. The van der Waals surface area contributed by atoms with Gasteiger partial charge in [-0.25, -0.2) is 24.9 Å². The highest BCUT2D eigenvalue weighted by atomic mass is 16.5. The van der Waals surface area contributed by atoms with Crippen LogP contribution in [0.25, 0.3) is 22.1 Å². The summed E-state index contributed by atoms with van der Waals surface area (Å²) in [5.41, 5.74) is 5.12. The first-order valence-corrected chi connectivity index (χ1v) is 12.2. The van der Waals surface area contributed by atoms with E-state index in [1.165, 1.54) is 6.33 Å². The summed E-state index contributed by atoms with van der Waals surface area (Å²) < 4.78 is 8.13. The van der Waals surface area contributed by atoms with Crippen molar-refractivity contribution < 1.29 is 4.74 Å². The summed E-state index contributed by atoms with van der Waals surface area (Å²) >= 11 is 0. The van der Waals surface area contributed by atoms with Crippen molar-refractivity contribution in [3.05, 3.63) is 60.8 Å². The number of nitrogens with zero attached hydrogens (tertiary/aromatic N) is 8. The highest BCUT2D eigenvalue weighted by molar-refractivity contribution is 5.87. The Labute approximate surface area is 212 Å². The zero-order valence-corrected chi connectivity index (χ0v) is 20.3. The van der Waals surface area contributed by atoms with Crippen LogP contribution < -0.4 is 15.0 Å². The summed E-state index contributed by atoms with van der Waals surface area (Å²) in [5.74, 6) is 3.82. The quantitative estimate of drug-likeness (QED) is 0.384. The van der Waals surface area contributed by atoms with Crippen LogP contribution in [-0.4, -0.2) is 42.6 Å². The number of hydrogen-bond acceptors (Lipinski definition) is 9. The van der Waals surface area contributed by atoms with Gasteiger partial charge in [-0.2, -0.15) is 5.26 Å². The summed E-state index contributed by atoms with van der Waals surface area (Å²) in [4.78, 5) is 24.7. The highest BCUT2D eigenvalue weighted by Gasteiger charge is 2.56. The molecular weight excluding hydrogens is 466 g/mol. The van der Waals surface area contributed by atoms with Crippen LogP contribution in [0.15, 0.2) is 55.2 Å². The fourth-order valence-electron chi connectivity index (χ4n) is 5.25. The molecule has 2 aliphatic rings. The van der Waals surface area contributed by atoms with Crippen molar-refractivity contribution in [2.75, 3.05) is 23.3 Å². The molecule has 37 heavy (non-hydrogen) atoms. The summed E-state index contributed by atoms with van der Waals surface area (Å²) in [6.07, 6.45) is 5.04. The molecule has 0 radical (unpaired) electrons. The van der Waals surface area contributed by atoms with E-state index < -0.39 is 0 Å². The van der Waals surface area contributed by atoms with Gasteiger partial charge in [0.2, 0.25) is 5.95 Å². The van der Waals surface area contributed by atoms with Crippen molar-refractivity contribution in [3.8, 4) is 17.6 Å². The lowest BCUT2D eigenvalue weighted by Crippen LogP contribution is -2.25. The van der Waals surface area contributed by atoms with Crippen molar-refractivity contribution in [1.82, 2.24) is 29.5 Å². The minimum atomic E-state index is 0.186. The second-order valence-electron chi connectivity index (χ2n) is 9.73. The molecule has 182 valence electrons. The van der Waals surface area contributed by atoms with Crippen LogP contribution in [0.1, 0.15) is 5.56 Å². The van der Waals surface area contributed by atoms with Gasteiger partial charge in [-0.3, -0.25) is 0 Å². The molecular formula is C27H23N9O. The van der Waals surface area contributed by atoms with E-state index in [1.807, 2.05) is 54.9 Å². The third-order valence-corrected chi connectivity index (χ3v) is 7.35. The van der Waals surface area contributed by atoms with Crippen LogP contribution in [0.2, 0.25) is 0 Å². The Bertz CT molecular complexity index is 1710. The highest BCUT2D eigenvalue weighted by Crippen LogP contribution is 2.51. The van der Waals surface area contributed by atoms with Gasteiger partial charge in [-0.1, -0.05) is 0 Å². The number of benzene rings is 2. The zero-order valence-electron chi connectivity index (χ0n) is 20.3. The van der Waals surface area contributed by atoms with Gasteiger partial charge >= 0.3 is 0 Å². The Balaban J connectivity index is 1.12. The summed E-state index contributed by atoms with van der Waals surface area (Å²) in [5, 5.41) is 12.6. The maximum atomic E-state index is 9.20. The number of imidazole rings is 1. The lowest BCUT2D eigenvalue weighted by molar-refractivity contribution is 0.479. The van der Waals surface area contributed by atoms with Crippen molar-refractivity contribution in [2.24, 2.45) is 24.8 Å². The van der Waals surface area contributed by atoms with E-state index in [4.69, 9.17) is 9.72 Å². The Morgan fingerprint density at radius 3 is 2.70 bits per heavy atom. The maximum Gasteiger partial charge on any atom is 0.226 e. The summed E-state index contributed by atoms with van der Waals surface area (Å²) in [6, 6.07) is 14.2. The topological polar surface area (TPSA) is 118 Å². The fraction of sp³-hybridized carbons (Fsp3) is 0.259. The first-order chi connectivity index (χ1) is 18.1. The van der Waals surface area contributed by atoms with E-state index in [0.717, 1.165) is 46.9 Å². The third kappa shape index (κ3) is 3.67. The number of ether oxygens (including phenoxy) is 1. The molecule has 1 saturated carbocycles. The minimum absolute atomic E-state index is 0.186. The van der Waals surface area contributed by atoms with Crippen LogP contribution in [0, 0.1) is 36.0 Å². The van der Waals surface area contributed by atoms with Gasteiger partial charge in [0.05, 0.1) is 35.5 Å². The molecule has 2 fully saturated rings. The average Bonchev–Trinajstić information content (AvgIpc) is 3.19. The summed E-state index contributed by atoms with van der Waals surface area (Å²) in [7, 11) is 1.97. The molecule has 10 heteroatoms. The average molecular weight is 490 g/mol. The van der Waals surface area contributed by atoms with E-state index in [2.05, 4.69) is 36.2 Å². The lowest BCUT2D eigenvalue weighted by atomic mass is 10.2. The molecule has 3 aromatic heterocycles. The van der Waals surface area contributed by atoms with E-state index in [-0.39, 0.29) is 5.92 Å². The molecule has 4 heterocycles. The van der Waals surface area contributed by atoms with Crippen LogP contribution >= 0.6 is 0 Å². The van der Waals surface area contributed by atoms with Gasteiger partial charge in [0.1, 0.15) is 28.9 Å². The smallest absolute Gasteiger partial charge is 0.226 e. The molecule has 7 rings (SSSR count). The first-order valence-electron chi connectivity index (χ1n) is 12.2. The first kappa shape index (κ1) is 21.5. The number of aromatic nitrogens is 6. The molecule has 1 saturated heterocycles. The molecule has 1 N–H and O–H groups in total. The molecule has 0 spiro atoms. The standard InChI is InChI=1S/C27H23N9O/c1-15-7-16(3-6-24(15)37-17-4-5-23-21(8-17)32-14-35(23)2)33-26-25-22(30-13-31-26)10-29-27(34-25)36-11-19-18(9-28)20(19)12-36/h3-8,10,13-14,18-20H,11-12H2,1-2H3,(H,30,31,33)/t18-,19-,20+. The van der Waals surface area contributed by atoms with E-state index in [9.17, 15) is 5.26 Å². The molecule has 1 aliphatic carbocycles. The number of hydrogen-bond donors (Lipinski definition) is 1. The molecule has 1 aliphatic heterocycles. The molecule has 5 aromatic rings. The van der Waals surface area contributed by atoms with E-state index in [0.29, 0.717) is 34.6 Å². The van der Waals surface area contributed by atoms with E-state index >= 15 is 0 Å². The second-order valence-corrected chi connectivity index (χ2v) is 9.73. The van der Waals surface area contributed by atoms with Crippen molar-refractivity contribution in [2.45, 2.75) is 6.92 Å². The van der Waals surface area contributed by atoms with Gasteiger partial charge < -0.3 is 19.5 Å². The Morgan fingerprint density at radius 2 is 1.89 bits per heavy atom. The van der Waals surface area contributed by atoms with E-state index in [1.54, 1.807) is 12.5 Å². The predicted molar refractivity (Wildman–Crippen MR) is 139 cm³/mol. The number of nitrogens with one attached hydrogen (secondary N) is 1. The molecule has 2 aromatic carbocycles. The summed E-state index contributed by atoms with van der Waals surface area (Å²) in [6.45, 7) is 3.64. The van der Waals surface area contributed by atoms with Crippen molar-refractivity contribution in [1.29, 1.82) is 5.26 Å². The van der Waals surface area contributed by atoms with Gasteiger partial charge in [-0.05, 0) is 54.7 Å². The van der Waals surface area contributed by atoms with Gasteiger partial charge in [-0.15, -0.1) is 0 Å². The minimum Gasteiger partial charge on any atom is -0.457 e. The Morgan fingerprint density at radius 1 is 1.03 bits per heavy atom. The fourth-order valence-corrected chi connectivity index (χ4v) is 5.25.